The van der Waals surface area contributed by atoms with E-state index in [-0.39, 0.29) is 5.60 Å². The lowest BCUT2D eigenvalue weighted by Gasteiger charge is -2.43. The van der Waals surface area contributed by atoms with Crippen LogP contribution in [-0.4, -0.2) is 11.3 Å². The minimum Gasteiger partial charge on any atom is -0.297 e. The van der Waals surface area contributed by atoms with E-state index in [1.807, 2.05) is 20.8 Å². The van der Waals surface area contributed by atoms with Crippen molar-refractivity contribution in [3.05, 3.63) is 23.3 Å². The molecule has 0 saturated carbocycles. The summed E-state index contributed by atoms with van der Waals surface area (Å²) < 4.78 is 0. The molecule has 0 fully saturated rings. The van der Waals surface area contributed by atoms with Gasteiger partial charge in [0.2, 0.25) is 0 Å². The molecule has 15 heavy (non-hydrogen) atoms. The quantitative estimate of drug-likeness (QED) is 0.675. The lowest BCUT2D eigenvalue weighted by molar-refractivity contribution is -0.401. The lowest BCUT2D eigenvalue weighted by atomic mass is 9.81. The highest BCUT2D eigenvalue weighted by molar-refractivity contribution is 5.40. The highest BCUT2D eigenvalue weighted by Gasteiger charge is 2.43. The molecule has 0 aromatic heterocycles. The van der Waals surface area contributed by atoms with Crippen LogP contribution in [0.15, 0.2) is 23.3 Å². The molecule has 0 radical (unpaired) electrons. The SMILES string of the molecule is CCC1(N)OOC(C)(C)C2=C1C=CCC2. The summed E-state index contributed by atoms with van der Waals surface area (Å²) in [5, 5.41) is 0. The van der Waals surface area contributed by atoms with Gasteiger partial charge in [-0.1, -0.05) is 19.1 Å². The molecule has 2 N–H and O–H groups in total. The summed E-state index contributed by atoms with van der Waals surface area (Å²) in [7, 11) is 0. The first-order chi connectivity index (χ1) is 6.99. The van der Waals surface area contributed by atoms with E-state index in [0.717, 1.165) is 18.4 Å². The van der Waals surface area contributed by atoms with E-state index in [9.17, 15) is 0 Å². The molecule has 0 bridgehead atoms. The summed E-state index contributed by atoms with van der Waals surface area (Å²) in [4.78, 5) is 10.8. The smallest absolute Gasteiger partial charge is 0.177 e. The average molecular weight is 209 g/mol. The molecule has 2 aliphatic rings. The Morgan fingerprint density at radius 1 is 1.40 bits per heavy atom. The molecule has 0 aromatic rings. The van der Waals surface area contributed by atoms with Gasteiger partial charge in [0.05, 0.1) is 0 Å². The zero-order chi connectivity index (χ0) is 11.1. The first kappa shape index (κ1) is 10.9. The second-order valence-electron chi connectivity index (χ2n) is 4.75. The number of rotatable bonds is 1. The first-order valence-electron chi connectivity index (χ1n) is 5.56. The average Bonchev–Trinajstić information content (AvgIpc) is 2.25. The van der Waals surface area contributed by atoms with E-state index in [2.05, 4.69) is 12.2 Å². The predicted molar refractivity (Wildman–Crippen MR) is 58.9 cm³/mol. The molecule has 2 rings (SSSR count). The van der Waals surface area contributed by atoms with Crippen LogP contribution in [0.3, 0.4) is 0 Å². The molecule has 1 atom stereocenters. The fourth-order valence-corrected chi connectivity index (χ4v) is 2.21. The van der Waals surface area contributed by atoms with Crippen molar-refractivity contribution in [3.63, 3.8) is 0 Å². The van der Waals surface area contributed by atoms with Crippen molar-refractivity contribution in [1.82, 2.24) is 0 Å². The molecule has 1 aliphatic carbocycles. The van der Waals surface area contributed by atoms with Gasteiger partial charge < -0.3 is 0 Å². The van der Waals surface area contributed by atoms with E-state index in [1.165, 1.54) is 5.57 Å². The molecule has 1 unspecified atom stereocenters. The third-order valence-corrected chi connectivity index (χ3v) is 3.28. The topological polar surface area (TPSA) is 44.5 Å². The fraction of sp³-hybridized carbons (Fsp3) is 0.667. The van der Waals surface area contributed by atoms with Crippen molar-refractivity contribution in [3.8, 4) is 0 Å². The van der Waals surface area contributed by atoms with Gasteiger partial charge in [0.15, 0.2) is 5.72 Å². The summed E-state index contributed by atoms with van der Waals surface area (Å²) >= 11 is 0. The molecule has 1 aliphatic heterocycles. The van der Waals surface area contributed by atoms with Crippen LogP contribution in [0.4, 0.5) is 0 Å². The van der Waals surface area contributed by atoms with Crippen LogP contribution in [0, 0.1) is 0 Å². The number of nitrogens with two attached hydrogens (primary N) is 1. The van der Waals surface area contributed by atoms with Gasteiger partial charge in [-0.2, -0.15) is 0 Å². The van der Waals surface area contributed by atoms with Gasteiger partial charge >= 0.3 is 0 Å². The van der Waals surface area contributed by atoms with E-state index < -0.39 is 5.72 Å². The molecule has 84 valence electrons. The minimum absolute atomic E-state index is 0.349. The maximum Gasteiger partial charge on any atom is 0.177 e. The molecule has 1 heterocycles. The summed E-state index contributed by atoms with van der Waals surface area (Å²) in [5.74, 6) is 0. The van der Waals surface area contributed by atoms with Crippen LogP contribution in [0.2, 0.25) is 0 Å². The zero-order valence-corrected chi connectivity index (χ0v) is 9.67. The van der Waals surface area contributed by atoms with Crippen molar-refractivity contribution in [1.29, 1.82) is 0 Å². The van der Waals surface area contributed by atoms with Crippen molar-refractivity contribution in [2.24, 2.45) is 5.73 Å². The second-order valence-corrected chi connectivity index (χ2v) is 4.75. The molecular weight excluding hydrogens is 190 g/mol. The first-order valence-corrected chi connectivity index (χ1v) is 5.56. The van der Waals surface area contributed by atoms with Gasteiger partial charge in [-0.3, -0.25) is 5.73 Å². The lowest BCUT2D eigenvalue weighted by Crippen LogP contribution is -2.52. The van der Waals surface area contributed by atoms with Crippen LogP contribution in [0.5, 0.6) is 0 Å². The molecule has 0 saturated heterocycles. The van der Waals surface area contributed by atoms with E-state index in [1.54, 1.807) is 0 Å². The predicted octanol–water partition coefficient (Wildman–Crippen LogP) is 2.44. The Bertz CT molecular complexity index is 331. The van der Waals surface area contributed by atoms with Crippen LogP contribution >= 0.6 is 0 Å². The summed E-state index contributed by atoms with van der Waals surface area (Å²) in [6.07, 6.45) is 7.03. The van der Waals surface area contributed by atoms with Gasteiger partial charge in [-0.25, -0.2) is 9.78 Å². The van der Waals surface area contributed by atoms with Crippen LogP contribution in [0.1, 0.15) is 40.0 Å². The molecule has 3 nitrogen and oxygen atoms in total. The van der Waals surface area contributed by atoms with Gasteiger partial charge in [0.1, 0.15) is 5.60 Å². The Labute approximate surface area is 90.9 Å². The van der Waals surface area contributed by atoms with Crippen molar-refractivity contribution >= 4 is 0 Å². The van der Waals surface area contributed by atoms with E-state index in [0.29, 0.717) is 6.42 Å². The van der Waals surface area contributed by atoms with Crippen LogP contribution in [-0.2, 0) is 9.78 Å². The standard InChI is InChI=1S/C12H19NO2/c1-4-12(13)10-8-6-5-7-9(10)11(2,3)14-15-12/h6,8H,4-5,7,13H2,1-3H3. The van der Waals surface area contributed by atoms with Gasteiger partial charge in [0, 0.05) is 5.57 Å². The highest BCUT2D eigenvalue weighted by atomic mass is 17.2. The van der Waals surface area contributed by atoms with Crippen LogP contribution in [0.25, 0.3) is 0 Å². The normalized spacial score (nSPS) is 34.1. The third-order valence-electron chi connectivity index (χ3n) is 3.28. The second kappa shape index (κ2) is 3.44. The van der Waals surface area contributed by atoms with Crippen molar-refractivity contribution < 1.29 is 9.78 Å². The van der Waals surface area contributed by atoms with Gasteiger partial charge in [-0.05, 0) is 38.7 Å². The minimum atomic E-state index is -0.762. The Morgan fingerprint density at radius 3 is 2.80 bits per heavy atom. The Hall–Kier alpha value is -0.640. The molecule has 0 spiro atoms. The monoisotopic (exact) mass is 209 g/mol. The largest absolute Gasteiger partial charge is 0.297 e. The van der Waals surface area contributed by atoms with Crippen molar-refractivity contribution in [2.45, 2.75) is 51.4 Å². The maximum atomic E-state index is 6.18. The Kier molecular flexibility index (Phi) is 2.49. The van der Waals surface area contributed by atoms with Crippen LogP contribution < -0.4 is 5.73 Å². The fourth-order valence-electron chi connectivity index (χ4n) is 2.21. The van der Waals surface area contributed by atoms with E-state index in [4.69, 9.17) is 15.5 Å². The summed E-state index contributed by atoms with van der Waals surface area (Å²) in [6.45, 7) is 6.06. The van der Waals surface area contributed by atoms with Gasteiger partial charge in [0.25, 0.3) is 0 Å². The summed E-state index contributed by atoms with van der Waals surface area (Å²) in [6, 6.07) is 0. The Balaban J connectivity index is 2.49. The summed E-state index contributed by atoms with van der Waals surface area (Å²) in [5.41, 5.74) is 7.45. The van der Waals surface area contributed by atoms with E-state index >= 15 is 0 Å². The highest BCUT2D eigenvalue weighted by Crippen LogP contribution is 2.41. The maximum absolute atomic E-state index is 6.18. The molecule has 0 aromatic carbocycles. The zero-order valence-electron chi connectivity index (χ0n) is 9.67. The number of hydrogen-bond acceptors (Lipinski definition) is 3. The number of allylic oxidation sites excluding steroid dienone is 1. The molecule has 3 heteroatoms. The molecular formula is C12H19NO2. The number of hydrogen-bond donors (Lipinski definition) is 1. The third kappa shape index (κ3) is 1.65. The van der Waals surface area contributed by atoms with Gasteiger partial charge in [-0.15, -0.1) is 0 Å². The Morgan fingerprint density at radius 2 is 2.13 bits per heavy atom. The van der Waals surface area contributed by atoms with Crippen molar-refractivity contribution in [2.75, 3.05) is 0 Å². The molecule has 0 amide bonds.